The molecular weight excluding hydrogens is 416 g/mol. The Kier molecular flexibility index (Phi) is 6.60. The first-order valence-electron chi connectivity index (χ1n) is 8.50. The van der Waals surface area contributed by atoms with E-state index in [0.29, 0.717) is 16.5 Å². The molecule has 0 radical (unpaired) electrons. The predicted molar refractivity (Wildman–Crippen MR) is 101 cm³/mol. The van der Waals surface area contributed by atoms with Gasteiger partial charge < -0.3 is 19.3 Å². The first-order valence-corrected chi connectivity index (χ1v) is 9.62. The number of benzene rings is 2. The van der Waals surface area contributed by atoms with Crippen LogP contribution < -0.4 is 0 Å². The van der Waals surface area contributed by atoms with Gasteiger partial charge in [0.05, 0.1) is 11.1 Å². The van der Waals surface area contributed by atoms with Crippen molar-refractivity contribution < 1.29 is 28.9 Å². The molecule has 1 fully saturated rings. The normalized spacial score (nSPS) is 24.8. The second-order valence-corrected chi connectivity index (χ2v) is 6.71. The highest BCUT2D eigenvalue weighted by Crippen LogP contribution is 2.27. The number of halogens is 1. The van der Waals surface area contributed by atoms with E-state index in [2.05, 4.69) is 15.9 Å². The summed E-state index contributed by atoms with van der Waals surface area (Å²) in [5.74, 6) is -1.10. The van der Waals surface area contributed by atoms with Crippen molar-refractivity contribution in [3.8, 4) is 0 Å². The third kappa shape index (κ3) is 4.94. The molecule has 1 aliphatic heterocycles. The van der Waals surface area contributed by atoms with Gasteiger partial charge in [-0.25, -0.2) is 9.59 Å². The van der Waals surface area contributed by atoms with Crippen LogP contribution in [0.3, 0.4) is 0 Å². The number of ether oxygens (including phenoxy) is 3. The molecule has 3 rings (SSSR count). The summed E-state index contributed by atoms with van der Waals surface area (Å²) < 4.78 is 16.6. The van der Waals surface area contributed by atoms with Crippen LogP contribution in [0.4, 0.5) is 0 Å². The minimum atomic E-state index is -1.12. The molecule has 0 aromatic heterocycles. The van der Waals surface area contributed by atoms with E-state index >= 15 is 0 Å². The van der Waals surface area contributed by atoms with Crippen molar-refractivity contribution >= 4 is 27.9 Å². The summed E-state index contributed by atoms with van der Waals surface area (Å²) in [4.78, 5) is 24.9. The van der Waals surface area contributed by atoms with Gasteiger partial charge in [-0.2, -0.15) is 0 Å². The van der Waals surface area contributed by atoms with E-state index in [4.69, 9.17) is 14.2 Å². The summed E-state index contributed by atoms with van der Waals surface area (Å²) in [5, 5.41) is 10.3. The maximum absolute atomic E-state index is 12.5. The predicted octanol–water partition coefficient (Wildman–Crippen LogP) is 2.94. The van der Waals surface area contributed by atoms with Crippen molar-refractivity contribution in [1.29, 1.82) is 0 Å². The van der Waals surface area contributed by atoms with E-state index in [0.717, 1.165) is 0 Å². The Morgan fingerprint density at radius 1 is 0.963 bits per heavy atom. The van der Waals surface area contributed by atoms with Gasteiger partial charge in [-0.05, 0) is 24.3 Å². The molecule has 1 aliphatic rings. The summed E-state index contributed by atoms with van der Waals surface area (Å²) in [6.07, 6.45) is -3.46. The van der Waals surface area contributed by atoms with Crippen LogP contribution in [0.1, 0.15) is 27.1 Å². The molecule has 0 bridgehead atoms. The van der Waals surface area contributed by atoms with Crippen molar-refractivity contribution in [3.05, 3.63) is 71.8 Å². The van der Waals surface area contributed by atoms with E-state index in [1.165, 1.54) is 0 Å². The maximum atomic E-state index is 12.5. The summed E-state index contributed by atoms with van der Waals surface area (Å²) in [6, 6.07) is 17.0. The lowest BCUT2D eigenvalue weighted by molar-refractivity contribution is -0.225. The molecule has 1 N–H and O–H groups in total. The lowest BCUT2D eigenvalue weighted by Gasteiger charge is -2.38. The average Bonchev–Trinajstić information content (AvgIpc) is 2.70. The van der Waals surface area contributed by atoms with Crippen LogP contribution in [0.15, 0.2) is 60.7 Å². The molecule has 0 amide bonds. The lowest BCUT2D eigenvalue weighted by atomic mass is 10.0. The van der Waals surface area contributed by atoms with Gasteiger partial charge in [-0.1, -0.05) is 52.3 Å². The molecule has 27 heavy (non-hydrogen) atoms. The zero-order valence-electron chi connectivity index (χ0n) is 14.4. The highest BCUT2D eigenvalue weighted by Gasteiger charge is 2.43. The van der Waals surface area contributed by atoms with Crippen molar-refractivity contribution in [2.24, 2.45) is 0 Å². The van der Waals surface area contributed by atoms with E-state index in [1.54, 1.807) is 60.7 Å². The van der Waals surface area contributed by atoms with Crippen LogP contribution in [-0.2, 0) is 14.2 Å². The van der Waals surface area contributed by atoms with Gasteiger partial charge in [-0.3, -0.25) is 0 Å². The molecule has 0 unspecified atom stereocenters. The average molecular weight is 435 g/mol. The Hall–Kier alpha value is -2.22. The molecule has 0 aliphatic carbocycles. The van der Waals surface area contributed by atoms with Crippen molar-refractivity contribution in [3.63, 3.8) is 0 Å². The molecule has 2 aromatic rings. The Bertz CT molecular complexity index is 767. The van der Waals surface area contributed by atoms with Crippen molar-refractivity contribution in [1.82, 2.24) is 0 Å². The maximum Gasteiger partial charge on any atom is 0.338 e. The number of hydrogen-bond acceptors (Lipinski definition) is 6. The number of carbonyl (C=O) groups excluding carboxylic acids is 2. The Balaban J connectivity index is 1.77. The summed E-state index contributed by atoms with van der Waals surface area (Å²) in [7, 11) is 0. The van der Waals surface area contributed by atoms with Crippen LogP contribution in [0.2, 0.25) is 0 Å². The molecule has 1 saturated heterocycles. The van der Waals surface area contributed by atoms with Crippen LogP contribution in [0.5, 0.6) is 0 Å². The third-order valence-corrected chi connectivity index (χ3v) is 4.81. The molecule has 4 atom stereocenters. The number of hydrogen-bond donors (Lipinski definition) is 1. The fourth-order valence-electron chi connectivity index (χ4n) is 2.84. The number of rotatable bonds is 5. The zero-order chi connectivity index (χ0) is 19.2. The largest absolute Gasteiger partial charge is 0.455 e. The number of carbonyl (C=O) groups is 2. The Morgan fingerprint density at radius 2 is 1.48 bits per heavy atom. The highest BCUT2D eigenvalue weighted by atomic mass is 79.9. The van der Waals surface area contributed by atoms with E-state index < -0.39 is 36.5 Å². The molecule has 0 saturated carbocycles. The van der Waals surface area contributed by atoms with Gasteiger partial charge in [0.1, 0.15) is 12.2 Å². The number of alkyl halides is 1. The minimum Gasteiger partial charge on any atom is -0.455 e. The van der Waals surface area contributed by atoms with Crippen LogP contribution in [-0.4, -0.2) is 47.0 Å². The summed E-state index contributed by atoms with van der Waals surface area (Å²) in [6.45, 7) is 0. The van der Waals surface area contributed by atoms with Crippen LogP contribution in [0, 0.1) is 0 Å². The van der Waals surface area contributed by atoms with Gasteiger partial charge in [0, 0.05) is 11.8 Å². The van der Waals surface area contributed by atoms with Gasteiger partial charge in [0.25, 0.3) is 0 Å². The van der Waals surface area contributed by atoms with Crippen LogP contribution >= 0.6 is 15.9 Å². The van der Waals surface area contributed by atoms with E-state index in [1.807, 2.05) is 0 Å². The van der Waals surface area contributed by atoms with Gasteiger partial charge in [-0.15, -0.1) is 0 Å². The fourth-order valence-corrected chi connectivity index (χ4v) is 3.36. The Labute approximate surface area is 165 Å². The fraction of sp³-hybridized carbons (Fsp3) is 0.300. The molecule has 2 aromatic carbocycles. The molecular formula is C20H19BrO6. The number of aliphatic hydroxyl groups is 1. The van der Waals surface area contributed by atoms with Gasteiger partial charge in [0.15, 0.2) is 12.4 Å². The first-order chi connectivity index (χ1) is 13.1. The molecule has 7 heteroatoms. The van der Waals surface area contributed by atoms with Gasteiger partial charge >= 0.3 is 11.9 Å². The molecule has 1 heterocycles. The Morgan fingerprint density at radius 3 is 2.00 bits per heavy atom. The third-order valence-electron chi connectivity index (χ3n) is 4.17. The van der Waals surface area contributed by atoms with E-state index in [9.17, 15) is 14.7 Å². The molecule has 0 spiro atoms. The highest BCUT2D eigenvalue weighted by molar-refractivity contribution is 9.09. The lowest BCUT2D eigenvalue weighted by Crippen LogP contribution is -2.52. The SMILES string of the molecule is O=C(O[C@H]1[C@@H](OC(=O)c2ccccc2)C[C@@H](O)O[C@H]1CBr)c1ccccc1. The first kappa shape index (κ1) is 19.5. The standard InChI is InChI=1S/C20H19BrO6/c21-12-16-18(27-20(24)14-9-5-2-6-10-14)15(11-17(22)25-16)26-19(23)13-7-3-1-4-8-13/h1-10,15-18,22H,11-12H2/t15-,16-,17-,18-/m0/s1. The molecule has 142 valence electrons. The second-order valence-electron chi connectivity index (χ2n) is 6.06. The van der Waals surface area contributed by atoms with E-state index in [-0.39, 0.29) is 6.42 Å². The number of esters is 2. The molecule has 6 nitrogen and oxygen atoms in total. The smallest absolute Gasteiger partial charge is 0.338 e. The summed E-state index contributed by atoms with van der Waals surface area (Å²) in [5.41, 5.74) is 0.757. The zero-order valence-corrected chi connectivity index (χ0v) is 15.9. The number of aliphatic hydroxyl groups excluding tert-OH is 1. The topological polar surface area (TPSA) is 82.1 Å². The van der Waals surface area contributed by atoms with Crippen molar-refractivity contribution in [2.75, 3.05) is 5.33 Å². The second kappa shape index (κ2) is 9.12. The van der Waals surface area contributed by atoms with Crippen molar-refractivity contribution in [2.45, 2.75) is 31.0 Å². The summed E-state index contributed by atoms with van der Waals surface area (Å²) >= 11 is 3.30. The minimum absolute atomic E-state index is 0.00874. The van der Waals surface area contributed by atoms with Gasteiger partial charge in [0.2, 0.25) is 0 Å². The monoisotopic (exact) mass is 434 g/mol. The van der Waals surface area contributed by atoms with Crippen LogP contribution in [0.25, 0.3) is 0 Å². The quantitative estimate of drug-likeness (QED) is 0.575.